The van der Waals surface area contributed by atoms with Crippen molar-refractivity contribution in [3.63, 3.8) is 0 Å². The van der Waals surface area contributed by atoms with E-state index in [0.717, 1.165) is 0 Å². The van der Waals surface area contributed by atoms with Crippen LogP contribution in [-0.4, -0.2) is 50.9 Å². The molecule has 0 radical (unpaired) electrons. The number of pyridine rings is 1. The molecule has 158 valence electrons. The highest BCUT2D eigenvalue weighted by Crippen LogP contribution is 2.29. The van der Waals surface area contributed by atoms with Gasteiger partial charge in [0.25, 0.3) is 0 Å². The lowest BCUT2D eigenvalue weighted by Gasteiger charge is -2.11. The topological polar surface area (TPSA) is 127 Å². The first-order valence-corrected chi connectivity index (χ1v) is 10.5. The van der Waals surface area contributed by atoms with E-state index in [1.54, 1.807) is 24.4 Å². The summed E-state index contributed by atoms with van der Waals surface area (Å²) in [6.07, 6.45) is 1.68. The average Bonchev–Trinajstić information content (AvgIpc) is 2.78. The maximum absolute atomic E-state index is 12.5. The molecule has 0 atom stereocenters. The molecule has 0 fully saturated rings. The van der Waals surface area contributed by atoms with Crippen LogP contribution in [0.15, 0.2) is 59.6 Å². The molecule has 0 amide bonds. The Morgan fingerprint density at radius 1 is 0.867 bits per heavy atom. The summed E-state index contributed by atoms with van der Waals surface area (Å²) in [6.45, 7) is 0.487. The summed E-state index contributed by atoms with van der Waals surface area (Å²) in [7, 11) is -0.758. The largest absolute Gasteiger partial charge is 0.493 e. The molecule has 0 saturated heterocycles. The predicted octanol–water partition coefficient (Wildman–Crippen LogP) is 2.02. The minimum absolute atomic E-state index is 0.0879. The van der Waals surface area contributed by atoms with Crippen LogP contribution in [0, 0.1) is 0 Å². The molecule has 30 heavy (non-hydrogen) atoms. The van der Waals surface area contributed by atoms with Crippen LogP contribution in [0.3, 0.4) is 0 Å². The number of anilines is 3. The van der Waals surface area contributed by atoms with Crippen LogP contribution >= 0.6 is 0 Å². The van der Waals surface area contributed by atoms with Gasteiger partial charge in [-0.2, -0.15) is 0 Å². The molecule has 11 heteroatoms. The van der Waals surface area contributed by atoms with E-state index in [1.165, 1.54) is 26.4 Å². The Morgan fingerprint density at radius 2 is 1.63 bits per heavy atom. The maximum Gasteiger partial charge on any atom is 0.240 e. The highest BCUT2D eigenvalue weighted by Gasteiger charge is 2.16. The SMILES string of the molecule is COc1ccc(S(=O)(=O)NCCNc2ccc(Nc3ccccn3)nn2)cc1OC. The molecule has 3 aromatic rings. The standard InChI is InChI=1S/C19H22N6O4S/c1-28-15-7-6-14(13-16(15)29-2)30(26,27)22-12-11-21-18-8-9-19(25-24-18)23-17-5-3-4-10-20-17/h3-10,13,22H,11-12H2,1-2H3,(H,21,24)(H,20,23,25). The average molecular weight is 430 g/mol. The number of benzene rings is 1. The molecule has 0 aliphatic heterocycles. The lowest BCUT2D eigenvalue weighted by Crippen LogP contribution is -2.29. The summed E-state index contributed by atoms with van der Waals surface area (Å²) in [5.74, 6) is 2.53. The number of ether oxygens (including phenoxy) is 2. The van der Waals surface area contributed by atoms with Crippen molar-refractivity contribution in [3.05, 3.63) is 54.7 Å². The number of hydrogen-bond donors (Lipinski definition) is 3. The molecule has 3 rings (SSSR count). The van der Waals surface area contributed by atoms with E-state index < -0.39 is 10.0 Å². The summed E-state index contributed by atoms with van der Waals surface area (Å²) < 4.78 is 37.7. The van der Waals surface area contributed by atoms with Gasteiger partial charge in [-0.25, -0.2) is 18.1 Å². The first-order chi connectivity index (χ1) is 14.5. The quantitative estimate of drug-likeness (QED) is 0.414. The van der Waals surface area contributed by atoms with Gasteiger partial charge in [0, 0.05) is 25.4 Å². The van der Waals surface area contributed by atoms with Crippen LogP contribution in [0.4, 0.5) is 17.5 Å². The third-order valence-electron chi connectivity index (χ3n) is 3.97. The zero-order valence-electron chi connectivity index (χ0n) is 16.5. The molecule has 2 heterocycles. The molecule has 10 nitrogen and oxygen atoms in total. The zero-order chi connectivity index (χ0) is 21.4. The highest BCUT2D eigenvalue weighted by atomic mass is 32.2. The smallest absolute Gasteiger partial charge is 0.240 e. The minimum Gasteiger partial charge on any atom is -0.493 e. The molecule has 0 spiro atoms. The van der Waals surface area contributed by atoms with Crippen molar-refractivity contribution in [1.29, 1.82) is 0 Å². The molecule has 0 aliphatic carbocycles. The second-order valence-electron chi connectivity index (χ2n) is 5.99. The van der Waals surface area contributed by atoms with Crippen LogP contribution in [0.1, 0.15) is 0 Å². The van der Waals surface area contributed by atoms with Gasteiger partial charge in [-0.15, -0.1) is 10.2 Å². The molecular formula is C19H22N6O4S. The summed E-state index contributed by atoms with van der Waals surface area (Å²) >= 11 is 0. The van der Waals surface area contributed by atoms with Crippen LogP contribution in [0.2, 0.25) is 0 Å². The van der Waals surface area contributed by atoms with Crippen molar-refractivity contribution in [2.45, 2.75) is 4.90 Å². The Hall–Kier alpha value is -3.44. The van der Waals surface area contributed by atoms with Crippen molar-refractivity contribution in [2.24, 2.45) is 0 Å². The molecule has 0 bridgehead atoms. The van der Waals surface area contributed by atoms with Crippen molar-refractivity contribution >= 4 is 27.5 Å². The number of rotatable bonds is 10. The molecule has 0 saturated carbocycles. The number of nitrogens with one attached hydrogen (secondary N) is 3. The Bertz CT molecular complexity index is 1060. The van der Waals surface area contributed by atoms with Gasteiger partial charge < -0.3 is 20.1 Å². The summed E-state index contributed by atoms with van der Waals surface area (Å²) in [5.41, 5.74) is 0. The monoisotopic (exact) mass is 430 g/mol. The number of hydrogen-bond acceptors (Lipinski definition) is 9. The van der Waals surface area contributed by atoms with E-state index in [-0.39, 0.29) is 11.4 Å². The first kappa shape index (κ1) is 21.3. The molecule has 3 N–H and O–H groups in total. The van der Waals surface area contributed by atoms with E-state index in [1.807, 2.05) is 18.2 Å². The molecule has 2 aromatic heterocycles. The summed E-state index contributed by atoms with van der Waals surface area (Å²) in [4.78, 5) is 4.24. The lowest BCUT2D eigenvalue weighted by molar-refractivity contribution is 0.354. The normalized spacial score (nSPS) is 11.0. The van der Waals surface area contributed by atoms with Gasteiger partial charge in [0.1, 0.15) is 11.6 Å². The Kier molecular flexibility index (Phi) is 6.99. The van der Waals surface area contributed by atoms with Gasteiger partial charge >= 0.3 is 0 Å². The second kappa shape index (κ2) is 9.85. The molecule has 0 aliphatic rings. The van der Waals surface area contributed by atoms with Gasteiger partial charge in [-0.05, 0) is 36.4 Å². The fourth-order valence-corrected chi connectivity index (χ4v) is 3.55. The second-order valence-corrected chi connectivity index (χ2v) is 7.75. The van der Waals surface area contributed by atoms with Crippen molar-refractivity contribution in [3.8, 4) is 11.5 Å². The van der Waals surface area contributed by atoms with Crippen LogP contribution in [0.5, 0.6) is 11.5 Å². The minimum atomic E-state index is -3.69. The van der Waals surface area contributed by atoms with Crippen LogP contribution < -0.4 is 24.8 Å². The third-order valence-corrected chi connectivity index (χ3v) is 5.43. The third kappa shape index (κ3) is 5.55. The zero-order valence-corrected chi connectivity index (χ0v) is 17.3. The van der Waals surface area contributed by atoms with Gasteiger partial charge in [0.05, 0.1) is 19.1 Å². The van der Waals surface area contributed by atoms with Gasteiger partial charge in [-0.1, -0.05) is 6.07 Å². The van der Waals surface area contributed by atoms with E-state index in [2.05, 4.69) is 30.5 Å². The van der Waals surface area contributed by atoms with Crippen LogP contribution in [-0.2, 0) is 10.0 Å². The molecule has 0 unspecified atom stereocenters. The molecule has 1 aromatic carbocycles. The van der Waals surface area contributed by atoms with Crippen molar-refractivity contribution in [1.82, 2.24) is 19.9 Å². The Morgan fingerprint density at radius 3 is 2.30 bits per heavy atom. The summed E-state index contributed by atoms with van der Waals surface area (Å²) in [5, 5.41) is 14.1. The fraction of sp³-hybridized carbons (Fsp3) is 0.211. The van der Waals surface area contributed by atoms with Gasteiger partial charge in [0.15, 0.2) is 17.3 Å². The van der Waals surface area contributed by atoms with Crippen molar-refractivity contribution in [2.75, 3.05) is 37.9 Å². The number of aromatic nitrogens is 3. The number of methoxy groups -OCH3 is 2. The van der Waals surface area contributed by atoms with E-state index >= 15 is 0 Å². The number of sulfonamides is 1. The Balaban J connectivity index is 1.50. The fourth-order valence-electron chi connectivity index (χ4n) is 2.50. The number of nitrogens with zero attached hydrogens (tertiary/aromatic N) is 3. The maximum atomic E-state index is 12.5. The van der Waals surface area contributed by atoms with Gasteiger partial charge in [-0.3, -0.25) is 0 Å². The van der Waals surface area contributed by atoms with E-state index in [9.17, 15) is 8.42 Å². The lowest BCUT2D eigenvalue weighted by atomic mass is 10.3. The first-order valence-electron chi connectivity index (χ1n) is 8.99. The van der Waals surface area contributed by atoms with E-state index in [4.69, 9.17) is 9.47 Å². The Labute approximate surface area is 174 Å². The highest BCUT2D eigenvalue weighted by molar-refractivity contribution is 7.89. The summed E-state index contributed by atoms with van der Waals surface area (Å²) in [6, 6.07) is 13.4. The van der Waals surface area contributed by atoms with Crippen LogP contribution in [0.25, 0.3) is 0 Å². The predicted molar refractivity (Wildman–Crippen MR) is 113 cm³/mol. The van der Waals surface area contributed by atoms with Crippen molar-refractivity contribution < 1.29 is 17.9 Å². The molecular weight excluding hydrogens is 408 g/mol. The van der Waals surface area contributed by atoms with E-state index in [0.29, 0.717) is 35.5 Å². The van der Waals surface area contributed by atoms with Gasteiger partial charge in [0.2, 0.25) is 10.0 Å².